The molecule has 3 aliphatic rings. The lowest BCUT2D eigenvalue weighted by atomic mass is 9.94. The van der Waals surface area contributed by atoms with Crippen LogP contribution in [0.4, 0.5) is 0 Å². The molecule has 2 nitrogen and oxygen atoms in total. The van der Waals surface area contributed by atoms with Gasteiger partial charge in [0.25, 0.3) is 0 Å². The van der Waals surface area contributed by atoms with Crippen molar-refractivity contribution in [3.05, 3.63) is 0 Å². The van der Waals surface area contributed by atoms with Crippen LogP contribution in [0, 0.1) is 30.6 Å². The van der Waals surface area contributed by atoms with Crippen LogP contribution in [0.5, 0.6) is 0 Å². The Labute approximate surface area is 92.3 Å². The van der Waals surface area contributed by atoms with Gasteiger partial charge in [-0.3, -0.25) is 0 Å². The zero-order valence-electron chi connectivity index (χ0n) is 9.45. The zero-order valence-corrected chi connectivity index (χ0v) is 9.45. The minimum absolute atomic E-state index is 0.135. The van der Waals surface area contributed by atoms with E-state index in [9.17, 15) is 0 Å². The third-order valence-corrected chi connectivity index (χ3v) is 4.26. The van der Waals surface area contributed by atoms with Crippen molar-refractivity contribution >= 4 is 0 Å². The largest absolute Gasteiger partial charge is 0.348 e. The summed E-state index contributed by atoms with van der Waals surface area (Å²) in [4.78, 5) is 0. The van der Waals surface area contributed by atoms with Crippen molar-refractivity contribution < 1.29 is 9.47 Å². The van der Waals surface area contributed by atoms with Crippen molar-refractivity contribution in [3.8, 4) is 12.8 Å². The van der Waals surface area contributed by atoms with E-state index in [2.05, 4.69) is 19.8 Å². The monoisotopic (exact) mass is 208 g/mol. The molecule has 0 aromatic heterocycles. The molecule has 0 aromatic rings. The van der Waals surface area contributed by atoms with Gasteiger partial charge in [-0.25, -0.2) is 0 Å². The maximum atomic E-state index is 5.76. The first kappa shape index (κ1) is 11.0. The van der Waals surface area contributed by atoms with Gasteiger partial charge in [-0.1, -0.05) is 13.3 Å². The number of hydrogen-bond donors (Lipinski definition) is 0. The Balaban J connectivity index is 0.000000404. The van der Waals surface area contributed by atoms with Gasteiger partial charge >= 0.3 is 0 Å². The molecule has 1 heterocycles. The van der Waals surface area contributed by atoms with Gasteiger partial charge < -0.3 is 9.47 Å². The standard InChI is InChI=1S/C11H18O2.C2H2/c1-8-2-3-9-6-11(7-10(8)9)12-4-5-13-11;1-2/h8-10H,2-7H2,1H3;1-2H. The Hall–Kier alpha value is -0.520. The van der Waals surface area contributed by atoms with E-state index in [1.165, 1.54) is 25.7 Å². The van der Waals surface area contributed by atoms with Crippen molar-refractivity contribution in [3.63, 3.8) is 0 Å². The highest BCUT2D eigenvalue weighted by Crippen LogP contribution is 2.53. The molecule has 0 bridgehead atoms. The highest BCUT2D eigenvalue weighted by atomic mass is 16.7. The van der Waals surface area contributed by atoms with Gasteiger partial charge in [-0.2, -0.15) is 0 Å². The number of fused-ring (bicyclic) bond motifs is 1. The van der Waals surface area contributed by atoms with E-state index in [-0.39, 0.29) is 5.79 Å². The van der Waals surface area contributed by atoms with Crippen molar-refractivity contribution in [2.75, 3.05) is 13.2 Å². The molecular formula is C13H20O2. The van der Waals surface area contributed by atoms with Gasteiger partial charge in [0.05, 0.1) is 13.2 Å². The van der Waals surface area contributed by atoms with E-state index in [0.29, 0.717) is 0 Å². The van der Waals surface area contributed by atoms with E-state index in [0.717, 1.165) is 31.0 Å². The van der Waals surface area contributed by atoms with E-state index in [1.54, 1.807) is 0 Å². The lowest BCUT2D eigenvalue weighted by Crippen LogP contribution is -2.27. The quantitative estimate of drug-likeness (QED) is 0.569. The molecule has 3 atom stereocenters. The molecule has 2 heteroatoms. The normalized spacial score (nSPS) is 41.1. The summed E-state index contributed by atoms with van der Waals surface area (Å²) in [7, 11) is 0. The highest BCUT2D eigenvalue weighted by Gasteiger charge is 2.52. The second-order valence-corrected chi connectivity index (χ2v) is 4.99. The van der Waals surface area contributed by atoms with Gasteiger partial charge in [-0.05, 0) is 24.2 Å². The predicted molar refractivity (Wildman–Crippen MR) is 59.1 cm³/mol. The molecule has 2 aliphatic carbocycles. The number of terminal acetylenes is 1. The zero-order chi connectivity index (χ0) is 10.9. The van der Waals surface area contributed by atoms with Gasteiger partial charge in [-0.15, -0.1) is 12.8 Å². The van der Waals surface area contributed by atoms with Gasteiger partial charge in [0.2, 0.25) is 0 Å². The van der Waals surface area contributed by atoms with Crippen LogP contribution in [0.15, 0.2) is 0 Å². The Bertz CT molecular complexity index is 240. The Morgan fingerprint density at radius 1 is 1.07 bits per heavy atom. The SMILES string of the molecule is C#C.CC1CCC2CC3(CC12)OCCO3. The van der Waals surface area contributed by atoms with E-state index in [4.69, 9.17) is 9.47 Å². The molecule has 3 rings (SSSR count). The Morgan fingerprint density at radius 3 is 2.33 bits per heavy atom. The Morgan fingerprint density at radius 2 is 1.73 bits per heavy atom. The molecule has 0 radical (unpaired) electrons. The summed E-state index contributed by atoms with van der Waals surface area (Å²) in [5.41, 5.74) is 0. The number of rotatable bonds is 0. The maximum absolute atomic E-state index is 5.76. The van der Waals surface area contributed by atoms with Crippen LogP contribution in [0.3, 0.4) is 0 Å². The van der Waals surface area contributed by atoms with Crippen LogP contribution in [0.1, 0.15) is 32.6 Å². The molecule has 1 saturated heterocycles. The molecule has 1 spiro atoms. The van der Waals surface area contributed by atoms with E-state index < -0.39 is 0 Å². The number of hydrogen-bond acceptors (Lipinski definition) is 2. The molecule has 0 aromatic carbocycles. The van der Waals surface area contributed by atoms with E-state index in [1.807, 2.05) is 0 Å². The Kier molecular flexibility index (Phi) is 3.04. The van der Waals surface area contributed by atoms with Gasteiger partial charge in [0.15, 0.2) is 5.79 Å². The fourth-order valence-electron chi connectivity index (χ4n) is 3.57. The molecule has 2 saturated carbocycles. The summed E-state index contributed by atoms with van der Waals surface area (Å²) < 4.78 is 11.5. The van der Waals surface area contributed by atoms with E-state index >= 15 is 0 Å². The topological polar surface area (TPSA) is 18.5 Å². The molecule has 15 heavy (non-hydrogen) atoms. The first-order chi connectivity index (χ1) is 7.29. The van der Waals surface area contributed by atoms with Crippen molar-refractivity contribution in [2.24, 2.45) is 17.8 Å². The minimum Gasteiger partial charge on any atom is -0.348 e. The van der Waals surface area contributed by atoms with Crippen LogP contribution >= 0.6 is 0 Å². The molecule has 3 fully saturated rings. The van der Waals surface area contributed by atoms with Crippen molar-refractivity contribution in [2.45, 2.75) is 38.4 Å². The predicted octanol–water partition coefficient (Wildman–Crippen LogP) is 2.44. The molecule has 3 unspecified atom stereocenters. The third-order valence-electron chi connectivity index (χ3n) is 4.26. The highest BCUT2D eigenvalue weighted by molar-refractivity contribution is 4.97. The summed E-state index contributed by atoms with van der Waals surface area (Å²) in [5, 5.41) is 0. The van der Waals surface area contributed by atoms with Crippen molar-refractivity contribution in [1.82, 2.24) is 0 Å². The van der Waals surface area contributed by atoms with Crippen LogP contribution in [-0.4, -0.2) is 19.0 Å². The summed E-state index contributed by atoms with van der Waals surface area (Å²) in [5.74, 6) is 2.55. The summed E-state index contributed by atoms with van der Waals surface area (Å²) in [6, 6.07) is 0. The molecular weight excluding hydrogens is 188 g/mol. The maximum Gasteiger partial charge on any atom is 0.169 e. The van der Waals surface area contributed by atoms with Crippen LogP contribution in [-0.2, 0) is 9.47 Å². The lowest BCUT2D eigenvalue weighted by molar-refractivity contribution is -0.156. The third kappa shape index (κ3) is 1.79. The summed E-state index contributed by atoms with van der Waals surface area (Å²) in [6.45, 7) is 4.01. The first-order valence-electron chi connectivity index (χ1n) is 5.90. The van der Waals surface area contributed by atoms with Crippen molar-refractivity contribution in [1.29, 1.82) is 0 Å². The minimum atomic E-state index is -0.135. The second-order valence-electron chi connectivity index (χ2n) is 4.99. The van der Waals surface area contributed by atoms with Crippen LogP contribution in [0.25, 0.3) is 0 Å². The number of ether oxygens (including phenoxy) is 2. The fourth-order valence-corrected chi connectivity index (χ4v) is 3.57. The first-order valence-corrected chi connectivity index (χ1v) is 5.90. The lowest BCUT2D eigenvalue weighted by Gasteiger charge is -2.23. The molecule has 0 N–H and O–H groups in total. The smallest absolute Gasteiger partial charge is 0.169 e. The summed E-state index contributed by atoms with van der Waals surface area (Å²) >= 11 is 0. The van der Waals surface area contributed by atoms with Gasteiger partial charge in [0.1, 0.15) is 0 Å². The van der Waals surface area contributed by atoms with Gasteiger partial charge in [0, 0.05) is 12.8 Å². The molecule has 0 amide bonds. The van der Waals surface area contributed by atoms with Crippen LogP contribution in [0.2, 0.25) is 0 Å². The second kappa shape index (κ2) is 4.15. The average Bonchev–Trinajstić information content (AvgIpc) is 2.93. The molecule has 84 valence electrons. The summed E-state index contributed by atoms with van der Waals surface area (Å²) in [6.07, 6.45) is 13.2. The average molecular weight is 208 g/mol. The molecule has 1 aliphatic heterocycles. The van der Waals surface area contributed by atoms with Crippen LogP contribution < -0.4 is 0 Å². The fraction of sp³-hybridized carbons (Fsp3) is 0.846.